The second kappa shape index (κ2) is 20.8. The number of piperidine rings is 1. The van der Waals surface area contributed by atoms with Gasteiger partial charge in [0.15, 0.2) is 0 Å². The summed E-state index contributed by atoms with van der Waals surface area (Å²) in [4.78, 5) is 1.68. The summed E-state index contributed by atoms with van der Waals surface area (Å²) in [6.07, 6.45) is 8.73. The van der Waals surface area contributed by atoms with Gasteiger partial charge in [-0.15, -0.1) is 11.6 Å². The lowest BCUT2D eigenvalue weighted by molar-refractivity contribution is -0.905. The molecule has 0 radical (unpaired) electrons. The predicted octanol–water partition coefficient (Wildman–Crippen LogP) is 5.16. The van der Waals surface area contributed by atoms with E-state index in [-0.39, 0.29) is 0 Å². The van der Waals surface area contributed by atoms with Crippen molar-refractivity contribution in [2.75, 3.05) is 40.2 Å². The molecular formula is C28H48ClN2O2+. The van der Waals surface area contributed by atoms with E-state index in [1.165, 1.54) is 56.3 Å². The SMILES string of the molecule is CC.CCCc1ccc(OC)cc1.CCl.COc1ccc(CCC[NH+]2CCCC(N)C2)cc1. The maximum Gasteiger partial charge on any atom is 0.118 e. The summed E-state index contributed by atoms with van der Waals surface area (Å²) >= 11 is 4.64. The monoisotopic (exact) mass is 479 g/mol. The summed E-state index contributed by atoms with van der Waals surface area (Å²) in [5.74, 6) is 1.87. The smallest absolute Gasteiger partial charge is 0.118 e. The molecule has 2 aromatic rings. The zero-order chi connectivity index (χ0) is 24.9. The minimum absolute atomic E-state index is 0.426. The lowest BCUT2D eigenvalue weighted by atomic mass is 10.1. The van der Waals surface area contributed by atoms with Crippen LogP contribution in [0.4, 0.5) is 0 Å². The number of nitrogens with two attached hydrogens (primary N) is 1. The normalized spacial score (nSPS) is 16.6. The van der Waals surface area contributed by atoms with Crippen molar-refractivity contribution in [2.24, 2.45) is 5.73 Å². The summed E-state index contributed by atoms with van der Waals surface area (Å²) in [6.45, 7) is 9.89. The van der Waals surface area contributed by atoms with Gasteiger partial charge in [0.2, 0.25) is 0 Å². The Morgan fingerprint density at radius 2 is 1.36 bits per heavy atom. The molecule has 1 heterocycles. The predicted molar refractivity (Wildman–Crippen MR) is 144 cm³/mol. The first-order valence-corrected chi connectivity index (χ1v) is 13.1. The number of hydrogen-bond acceptors (Lipinski definition) is 3. The Bertz CT molecular complexity index is 677. The molecule has 0 saturated carbocycles. The third-order valence-electron chi connectivity index (χ3n) is 5.51. The molecule has 2 atom stereocenters. The number of aryl methyl sites for hydroxylation is 2. The lowest BCUT2D eigenvalue weighted by Gasteiger charge is -2.27. The molecule has 0 aromatic heterocycles. The molecule has 2 aromatic carbocycles. The van der Waals surface area contributed by atoms with Crippen molar-refractivity contribution >= 4 is 11.6 Å². The molecular weight excluding hydrogens is 432 g/mol. The third-order valence-corrected chi connectivity index (χ3v) is 5.51. The van der Waals surface area contributed by atoms with Gasteiger partial charge >= 0.3 is 0 Å². The van der Waals surface area contributed by atoms with Crippen LogP contribution in [0.5, 0.6) is 11.5 Å². The average Bonchev–Trinajstić information content (AvgIpc) is 2.88. The number of benzene rings is 2. The van der Waals surface area contributed by atoms with E-state index in [0.717, 1.165) is 30.9 Å². The Labute approximate surface area is 208 Å². The van der Waals surface area contributed by atoms with Gasteiger partial charge in [0.1, 0.15) is 11.5 Å². The molecule has 0 aliphatic carbocycles. The molecule has 2 unspecified atom stereocenters. The molecule has 1 saturated heterocycles. The number of alkyl halides is 1. The molecule has 1 aliphatic heterocycles. The fraction of sp³-hybridized carbons (Fsp3) is 0.571. The highest BCUT2D eigenvalue weighted by atomic mass is 35.5. The minimum Gasteiger partial charge on any atom is -0.497 e. The number of nitrogens with one attached hydrogen (secondary N) is 1. The molecule has 1 aliphatic rings. The first-order chi connectivity index (χ1) is 16.1. The summed E-state index contributed by atoms with van der Waals surface area (Å²) < 4.78 is 10.2. The van der Waals surface area contributed by atoms with E-state index in [9.17, 15) is 0 Å². The highest BCUT2D eigenvalue weighted by Gasteiger charge is 2.19. The van der Waals surface area contributed by atoms with E-state index in [2.05, 4.69) is 42.8 Å². The van der Waals surface area contributed by atoms with Crippen molar-refractivity contribution in [3.63, 3.8) is 0 Å². The number of hydrogen-bond donors (Lipinski definition) is 2. The van der Waals surface area contributed by atoms with Gasteiger partial charge in [0.05, 0.1) is 39.9 Å². The van der Waals surface area contributed by atoms with Gasteiger partial charge in [-0.05, 0) is 61.1 Å². The third kappa shape index (κ3) is 14.2. The maximum absolute atomic E-state index is 6.01. The molecule has 33 heavy (non-hydrogen) atoms. The van der Waals surface area contributed by atoms with Gasteiger partial charge in [0, 0.05) is 12.8 Å². The Morgan fingerprint density at radius 1 is 0.879 bits per heavy atom. The lowest BCUT2D eigenvalue weighted by Crippen LogP contribution is -3.14. The van der Waals surface area contributed by atoms with E-state index < -0.39 is 0 Å². The second-order valence-corrected chi connectivity index (χ2v) is 7.91. The molecule has 0 bridgehead atoms. The van der Waals surface area contributed by atoms with E-state index >= 15 is 0 Å². The van der Waals surface area contributed by atoms with Crippen LogP contribution in [-0.4, -0.2) is 46.3 Å². The molecule has 1 fully saturated rings. The van der Waals surface area contributed by atoms with Crippen molar-refractivity contribution in [3.05, 3.63) is 59.7 Å². The summed E-state index contributed by atoms with van der Waals surface area (Å²) in [6, 6.07) is 17.1. The van der Waals surface area contributed by atoms with E-state index in [1.54, 1.807) is 19.1 Å². The van der Waals surface area contributed by atoms with Crippen molar-refractivity contribution in [3.8, 4) is 11.5 Å². The van der Waals surface area contributed by atoms with Crippen molar-refractivity contribution in [1.82, 2.24) is 0 Å². The molecule has 4 nitrogen and oxygen atoms in total. The van der Waals surface area contributed by atoms with Gasteiger partial charge in [0.25, 0.3) is 0 Å². The van der Waals surface area contributed by atoms with Crippen LogP contribution < -0.4 is 20.1 Å². The highest BCUT2D eigenvalue weighted by Crippen LogP contribution is 2.13. The van der Waals surface area contributed by atoms with Crippen LogP contribution in [-0.2, 0) is 12.8 Å². The second-order valence-electron chi connectivity index (χ2n) is 7.91. The molecule has 0 amide bonds. The van der Waals surface area contributed by atoms with Gasteiger partial charge in [-0.25, -0.2) is 0 Å². The van der Waals surface area contributed by atoms with Crippen LogP contribution in [0.3, 0.4) is 0 Å². The number of halogens is 1. The van der Waals surface area contributed by atoms with E-state index in [0.29, 0.717) is 6.04 Å². The summed E-state index contributed by atoms with van der Waals surface area (Å²) in [5, 5.41) is 0. The van der Waals surface area contributed by atoms with Gasteiger partial charge < -0.3 is 20.1 Å². The average molecular weight is 480 g/mol. The molecule has 5 heteroatoms. The topological polar surface area (TPSA) is 48.9 Å². The Morgan fingerprint density at radius 3 is 1.79 bits per heavy atom. The van der Waals surface area contributed by atoms with Crippen molar-refractivity contribution in [2.45, 2.75) is 65.3 Å². The zero-order valence-electron chi connectivity index (χ0n) is 21.8. The molecule has 3 N–H and O–H groups in total. The summed E-state index contributed by atoms with van der Waals surface area (Å²) in [7, 11) is 3.40. The number of likely N-dealkylation sites (tertiary alicyclic amines) is 1. The van der Waals surface area contributed by atoms with E-state index in [4.69, 9.17) is 15.2 Å². The Hall–Kier alpha value is -1.75. The quantitative estimate of drug-likeness (QED) is 0.514. The fourth-order valence-corrected chi connectivity index (χ4v) is 3.83. The first-order valence-electron chi connectivity index (χ1n) is 12.4. The van der Waals surface area contributed by atoms with Gasteiger partial charge in [-0.2, -0.15) is 0 Å². The van der Waals surface area contributed by atoms with Crippen molar-refractivity contribution < 1.29 is 14.4 Å². The summed E-state index contributed by atoms with van der Waals surface area (Å²) in [5.41, 5.74) is 8.79. The number of methoxy groups -OCH3 is 2. The number of ether oxygens (including phenoxy) is 2. The van der Waals surface area contributed by atoms with Crippen LogP contribution in [0.2, 0.25) is 0 Å². The van der Waals surface area contributed by atoms with Crippen LogP contribution >= 0.6 is 11.6 Å². The van der Waals surface area contributed by atoms with Gasteiger partial charge in [-0.1, -0.05) is 51.5 Å². The van der Waals surface area contributed by atoms with Crippen LogP contribution in [0, 0.1) is 0 Å². The van der Waals surface area contributed by atoms with E-state index in [1.807, 2.05) is 38.1 Å². The Balaban J connectivity index is 0.000000586. The first kappa shape index (κ1) is 31.2. The van der Waals surface area contributed by atoms with Crippen molar-refractivity contribution in [1.29, 1.82) is 0 Å². The molecule has 0 spiro atoms. The maximum atomic E-state index is 6.01. The van der Waals surface area contributed by atoms with Crippen LogP contribution in [0.15, 0.2) is 48.5 Å². The van der Waals surface area contributed by atoms with Crippen LogP contribution in [0.1, 0.15) is 57.6 Å². The standard InChI is InChI=1S/C15H24N2O.C10H14O.C2H6.CH3Cl/c1-18-15-8-6-13(7-9-15)4-2-10-17-11-3-5-14(16)12-17;1-3-4-9-5-7-10(11-2)8-6-9;2*1-2/h6-9,14H,2-5,10-12,16H2,1H3;5-8H,3-4H2,1-2H3;1-2H3;1H3/p+1. The van der Waals surface area contributed by atoms with Gasteiger partial charge in [-0.3, -0.25) is 0 Å². The minimum atomic E-state index is 0.426. The highest BCUT2D eigenvalue weighted by molar-refractivity contribution is 6.15. The zero-order valence-corrected chi connectivity index (χ0v) is 22.6. The number of quaternary nitrogens is 1. The largest absolute Gasteiger partial charge is 0.497 e. The molecule has 188 valence electrons. The Kier molecular flexibility index (Phi) is 19.7. The van der Waals surface area contributed by atoms with Crippen LogP contribution in [0.25, 0.3) is 0 Å². The molecule has 3 rings (SSSR count). The number of rotatable bonds is 8. The fourth-order valence-electron chi connectivity index (χ4n) is 3.83.